The second-order valence-corrected chi connectivity index (χ2v) is 3.26. The molecule has 0 bridgehead atoms. The zero-order chi connectivity index (χ0) is 11.5. The molecule has 0 aromatic heterocycles. The smallest absolute Gasteiger partial charge is 0.261 e. The number of nitrogens with one attached hydrogen (secondary N) is 1. The SMILES string of the molecule is C.CC.CN=C(C)NC.CS(=O)(=O)O. The van der Waals surface area contributed by atoms with E-state index in [1.165, 1.54) is 0 Å². The van der Waals surface area contributed by atoms with Crippen LogP contribution in [0.5, 0.6) is 0 Å². The molecular weight excluding hydrogens is 204 g/mol. The lowest BCUT2D eigenvalue weighted by Crippen LogP contribution is -2.12. The maximum atomic E-state index is 9.19. The molecule has 5 nitrogen and oxygen atoms in total. The molecule has 0 saturated carbocycles. The summed E-state index contributed by atoms with van der Waals surface area (Å²) < 4.78 is 25.9. The second-order valence-electron chi connectivity index (χ2n) is 1.79. The minimum absolute atomic E-state index is 0. The average Bonchev–Trinajstić information content (AvgIpc) is 2.04. The molecule has 0 amide bonds. The first-order chi connectivity index (χ1) is 5.81. The van der Waals surface area contributed by atoms with Crippen LogP contribution in [0.25, 0.3) is 0 Å². The molecule has 0 saturated heterocycles. The van der Waals surface area contributed by atoms with Gasteiger partial charge in [-0.25, -0.2) is 0 Å². The van der Waals surface area contributed by atoms with E-state index in [1.54, 1.807) is 7.05 Å². The molecule has 90 valence electrons. The van der Waals surface area contributed by atoms with E-state index in [9.17, 15) is 8.42 Å². The molecule has 0 radical (unpaired) electrons. The molecule has 6 heteroatoms. The molecule has 14 heavy (non-hydrogen) atoms. The average molecular weight is 228 g/mol. The lowest BCUT2D eigenvalue weighted by Gasteiger charge is -1.90. The Morgan fingerprint density at radius 1 is 1.36 bits per heavy atom. The summed E-state index contributed by atoms with van der Waals surface area (Å²) in [5, 5.41) is 2.86. The minimum Gasteiger partial charge on any atom is -0.377 e. The Morgan fingerprint density at radius 2 is 1.57 bits per heavy atom. The molecule has 0 aliphatic heterocycles. The van der Waals surface area contributed by atoms with Crippen molar-refractivity contribution >= 4 is 16.0 Å². The molecule has 0 aliphatic carbocycles. The van der Waals surface area contributed by atoms with E-state index in [1.807, 2.05) is 27.8 Å². The predicted molar refractivity (Wildman–Crippen MR) is 63.6 cm³/mol. The summed E-state index contributed by atoms with van der Waals surface area (Å²) in [5.74, 6) is 0.968. The fraction of sp³-hybridized carbons (Fsp3) is 0.875. The molecule has 0 aliphatic rings. The Labute approximate surface area is 88.4 Å². The molecule has 2 N–H and O–H groups in total. The molecule has 0 heterocycles. The number of hydrogen-bond acceptors (Lipinski definition) is 3. The Balaban J connectivity index is -0.0000000576. The summed E-state index contributed by atoms with van der Waals surface area (Å²) in [7, 11) is -0.0613. The van der Waals surface area contributed by atoms with Crippen molar-refractivity contribution in [2.24, 2.45) is 4.99 Å². The molecule has 0 aromatic carbocycles. The van der Waals surface area contributed by atoms with Gasteiger partial charge in [0.05, 0.1) is 12.1 Å². The molecule has 0 spiro atoms. The van der Waals surface area contributed by atoms with Crippen molar-refractivity contribution in [1.29, 1.82) is 0 Å². The van der Waals surface area contributed by atoms with Gasteiger partial charge in [-0.3, -0.25) is 9.55 Å². The van der Waals surface area contributed by atoms with Gasteiger partial charge in [0.1, 0.15) is 0 Å². The monoisotopic (exact) mass is 228 g/mol. The third-order valence-corrected chi connectivity index (χ3v) is 0.697. The van der Waals surface area contributed by atoms with E-state index in [-0.39, 0.29) is 7.43 Å². The quantitative estimate of drug-likeness (QED) is 0.373. The highest BCUT2D eigenvalue weighted by atomic mass is 32.2. The van der Waals surface area contributed by atoms with Gasteiger partial charge in [0.25, 0.3) is 10.1 Å². The standard InChI is InChI=1S/C4H10N2.C2H6.CH4O3S.CH4/c1-4(5-2)6-3;1-2;1-5(2,3)4;/h1-3H3,(H,5,6);1-2H3;1H3,(H,2,3,4);1H4. The molecule has 0 rings (SSSR count). The van der Waals surface area contributed by atoms with Gasteiger partial charge in [-0.1, -0.05) is 21.3 Å². The van der Waals surface area contributed by atoms with Crippen LogP contribution in [0.3, 0.4) is 0 Å². The van der Waals surface area contributed by atoms with Gasteiger partial charge in [0.2, 0.25) is 0 Å². The van der Waals surface area contributed by atoms with Crippen molar-refractivity contribution in [1.82, 2.24) is 5.32 Å². The number of rotatable bonds is 0. The number of amidine groups is 1. The van der Waals surface area contributed by atoms with E-state index < -0.39 is 10.1 Å². The van der Waals surface area contributed by atoms with Crippen molar-refractivity contribution in [3.8, 4) is 0 Å². The van der Waals surface area contributed by atoms with E-state index >= 15 is 0 Å². The fourth-order valence-electron chi connectivity index (χ4n) is 0.112. The second kappa shape index (κ2) is 14.9. The third kappa shape index (κ3) is 107. The summed E-state index contributed by atoms with van der Waals surface area (Å²) in [6.45, 7) is 5.92. The van der Waals surface area contributed by atoms with E-state index in [2.05, 4.69) is 10.3 Å². The number of hydrogen-bond donors (Lipinski definition) is 2. The van der Waals surface area contributed by atoms with Gasteiger partial charge in [-0.2, -0.15) is 8.42 Å². The van der Waals surface area contributed by atoms with E-state index in [0.29, 0.717) is 6.26 Å². The van der Waals surface area contributed by atoms with Crippen molar-refractivity contribution < 1.29 is 13.0 Å². The highest BCUT2D eigenvalue weighted by Gasteiger charge is 1.81. The summed E-state index contributed by atoms with van der Waals surface area (Å²) in [6.07, 6.45) is 0.715. The fourth-order valence-corrected chi connectivity index (χ4v) is 0.112. The third-order valence-electron chi connectivity index (χ3n) is 0.697. The molecule has 0 unspecified atom stereocenters. The highest BCUT2D eigenvalue weighted by molar-refractivity contribution is 7.85. The topological polar surface area (TPSA) is 78.8 Å². The van der Waals surface area contributed by atoms with Crippen LogP contribution >= 0.6 is 0 Å². The summed E-state index contributed by atoms with van der Waals surface area (Å²) in [4.78, 5) is 3.81. The van der Waals surface area contributed by atoms with Crippen molar-refractivity contribution in [3.05, 3.63) is 0 Å². The lowest BCUT2D eigenvalue weighted by atomic mass is 10.7. The molecule has 0 atom stereocenters. The lowest BCUT2D eigenvalue weighted by molar-refractivity contribution is 0.490. The van der Waals surface area contributed by atoms with Crippen LogP contribution in [0.15, 0.2) is 4.99 Å². The van der Waals surface area contributed by atoms with Crippen molar-refractivity contribution in [2.75, 3.05) is 20.4 Å². The molecule has 0 aromatic rings. The van der Waals surface area contributed by atoms with Crippen LogP contribution in [0.2, 0.25) is 0 Å². The summed E-state index contributed by atoms with van der Waals surface area (Å²) >= 11 is 0. The first-order valence-corrected chi connectivity index (χ1v) is 5.69. The van der Waals surface area contributed by atoms with Crippen LogP contribution in [0.1, 0.15) is 28.2 Å². The van der Waals surface area contributed by atoms with Gasteiger partial charge in [0.15, 0.2) is 0 Å². The van der Waals surface area contributed by atoms with Crippen LogP contribution in [0.4, 0.5) is 0 Å². The maximum absolute atomic E-state index is 9.19. The van der Waals surface area contributed by atoms with Gasteiger partial charge >= 0.3 is 0 Å². The Morgan fingerprint density at radius 3 is 1.57 bits per heavy atom. The van der Waals surface area contributed by atoms with Crippen LogP contribution in [-0.4, -0.2) is 39.2 Å². The summed E-state index contributed by atoms with van der Waals surface area (Å²) in [5.41, 5.74) is 0. The van der Waals surface area contributed by atoms with E-state index in [4.69, 9.17) is 4.55 Å². The van der Waals surface area contributed by atoms with Gasteiger partial charge < -0.3 is 5.32 Å². The molecular formula is C8H24N2O3S. The normalized spacial score (nSPS) is 9.50. The van der Waals surface area contributed by atoms with E-state index in [0.717, 1.165) is 5.84 Å². The first kappa shape index (κ1) is 23.3. The zero-order valence-corrected chi connectivity index (χ0v) is 9.94. The minimum atomic E-state index is -3.67. The highest BCUT2D eigenvalue weighted by Crippen LogP contribution is 1.60. The summed E-state index contributed by atoms with van der Waals surface area (Å²) in [6, 6.07) is 0. The number of nitrogens with zero attached hydrogens (tertiary/aromatic N) is 1. The van der Waals surface area contributed by atoms with Crippen LogP contribution < -0.4 is 5.32 Å². The van der Waals surface area contributed by atoms with Crippen LogP contribution in [0, 0.1) is 0 Å². The van der Waals surface area contributed by atoms with Gasteiger partial charge in [-0.15, -0.1) is 0 Å². The maximum Gasteiger partial charge on any atom is 0.261 e. The Hall–Kier alpha value is -0.620. The molecule has 0 fully saturated rings. The predicted octanol–water partition coefficient (Wildman–Crippen LogP) is 1.42. The zero-order valence-electron chi connectivity index (χ0n) is 9.12. The van der Waals surface area contributed by atoms with Crippen molar-refractivity contribution in [3.63, 3.8) is 0 Å². The van der Waals surface area contributed by atoms with Crippen molar-refractivity contribution in [2.45, 2.75) is 28.2 Å². The first-order valence-electron chi connectivity index (χ1n) is 3.84. The number of aliphatic imine (C=N–C) groups is 1. The van der Waals surface area contributed by atoms with Crippen LogP contribution in [-0.2, 0) is 10.1 Å². The largest absolute Gasteiger partial charge is 0.377 e. The Kier molecular flexibility index (Phi) is 24.8. The van der Waals surface area contributed by atoms with Gasteiger partial charge in [-0.05, 0) is 6.92 Å². The van der Waals surface area contributed by atoms with Gasteiger partial charge in [0, 0.05) is 14.1 Å². The Bertz CT molecular complexity index is 203.